The molecule has 2 rings (SSSR count). The Morgan fingerprint density at radius 2 is 2.00 bits per heavy atom. The topological polar surface area (TPSA) is 55.6 Å². The number of carbonyl (C=O) groups excluding carboxylic acids is 1. The van der Waals surface area contributed by atoms with Crippen molar-refractivity contribution >= 4 is 5.97 Å². The first-order valence-corrected chi connectivity index (χ1v) is 7.75. The van der Waals surface area contributed by atoms with Crippen LogP contribution in [0.15, 0.2) is 0 Å². The van der Waals surface area contributed by atoms with Crippen molar-refractivity contribution in [2.75, 3.05) is 20.7 Å². The van der Waals surface area contributed by atoms with E-state index in [1.54, 1.807) is 0 Å². The number of nitrogens with zero attached hydrogens (tertiary/aromatic N) is 1. The Morgan fingerprint density at radius 1 is 1.40 bits per heavy atom. The number of likely N-dealkylation sites (N-methyl/N-ethyl adjacent to an activating group) is 1. The lowest BCUT2D eigenvalue weighted by Crippen LogP contribution is -2.68. The van der Waals surface area contributed by atoms with Crippen molar-refractivity contribution in [2.45, 2.75) is 58.5 Å². The Labute approximate surface area is 123 Å². The number of nitrogens with two attached hydrogens (primary N) is 1. The van der Waals surface area contributed by atoms with Crippen LogP contribution in [0.2, 0.25) is 0 Å². The van der Waals surface area contributed by atoms with Gasteiger partial charge in [0.05, 0.1) is 12.1 Å². The molecule has 0 aromatic heterocycles. The van der Waals surface area contributed by atoms with Crippen molar-refractivity contribution in [1.82, 2.24) is 4.90 Å². The molecule has 2 bridgehead atoms. The number of fused-ring (bicyclic) bond motifs is 2. The second-order valence-corrected chi connectivity index (χ2v) is 7.54. The number of ether oxygens (including phenoxy) is 1. The Morgan fingerprint density at radius 3 is 2.35 bits per heavy atom. The van der Waals surface area contributed by atoms with Crippen LogP contribution in [0, 0.1) is 16.7 Å². The van der Waals surface area contributed by atoms with Gasteiger partial charge < -0.3 is 15.4 Å². The minimum Gasteiger partial charge on any atom is -0.465 e. The van der Waals surface area contributed by atoms with Gasteiger partial charge in [-0.3, -0.25) is 4.79 Å². The van der Waals surface area contributed by atoms with Crippen LogP contribution in [0.4, 0.5) is 0 Å². The number of rotatable bonds is 4. The Balaban J connectivity index is 2.46. The number of hydrogen-bond donors (Lipinski definition) is 1. The van der Waals surface area contributed by atoms with Crippen molar-refractivity contribution in [1.29, 1.82) is 0 Å². The molecule has 0 heterocycles. The molecule has 2 aliphatic carbocycles. The van der Waals surface area contributed by atoms with Crippen LogP contribution >= 0.6 is 0 Å². The Kier molecular flexibility index (Phi) is 3.71. The molecule has 2 saturated carbocycles. The summed E-state index contributed by atoms with van der Waals surface area (Å²) in [5, 5.41) is 0. The second kappa shape index (κ2) is 4.70. The van der Waals surface area contributed by atoms with E-state index >= 15 is 0 Å². The summed E-state index contributed by atoms with van der Waals surface area (Å²) in [7, 11) is 4.11. The zero-order chi connectivity index (χ0) is 15.3. The normalized spacial score (nSPS) is 40.1. The first-order valence-electron chi connectivity index (χ1n) is 7.75. The first-order chi connectivity index (χ1) is 9.15. The van der Waals surface area contributed by atoms with Gasteiger partial charge in [-0.05, 0) is 57.0 Å². The summed E-state index contributed by atoms with van der Waals surface area (Å²) in [6.07, 6.45) is 3.37. The molecular formula is C16H30N2O2. The molecule has 0 unspecified atom stereocenters. The van der Waals surface area contributed by atoms with E-state index in [9.17, 15) is 4.79 Å². The second-order valence-electron chi connectivity index (χ2n) is 7.54. The van der Waals surface area contributed by atoms with Crippen LogP contribution in [0.25, 0.3) is 0 Å². The summed E-state index contributed by atoms with van der Waals surface area (Å²) in [5.41, 5.74) is 6.37. The van der Waals surface area contributed by atoms with Crippen molar-refractivity contribution in [2.24, 2.45) is 22.5 Å². The fraction of sp³-hybridized carbons (Fsp3) is 0.938. The highest BCUT2D eigenvalue weighted by molar-refractivity contribution is 5.78. The maximum atomic E-state index is 12.3. The smallest absolute Gasteiger partial charge is 0.324 e. The highest BCUT2D eigenvalue weighted by atomic mass is 16.5. The predicted molar refractivity (Wildman–Crippen MR) is 80.3 cm³/mol. The number of hydrogen-bond acceptors (Lipinski definition) is 4. The molecule has 0 aromatic carbocycles. The standard InChI is InChI=1S/C16H30N2O2/c1-7-20-13(19)12(17)16(18(5)6)10-11-8-9-15(16,4)14(11,2)3/h11-12H,7-10,17H2,1-6H3/t11-,12-,15-,16+/m0/s1. The van der Waals surface area contributed by atoms with Gasteiger partial charge >= 0.3 is 5.97 Å². The molecular weight excluding hydrogens is 252 g/mol. The number of carbonyl (C=O) groups is 1. The minimum atomic E-state index is -0.577. The van der Waals surface area contributed by atoms with E-state index in [-0.39, 0.29) is 22.3 Å². The third-order valence-electron chi connectivity index (χ3n) is 6.80. The fourth-order valence-corrected chi connectivity index (χ4v) is 5.18. The molecule has 116 valence electrons. The zero-order valence-electron chi connectivity index (χ0n) is 13.8. The Hall–Kier alpha value is -0.610. The summed E-state index contributed by atoms with van der Waals surface area (Å²) in [5.74, 6) is 0.376. The van der Waals surface area contributed by atoms with Crippen LogP contribution in [-0.4, -0.2) is 43.2 Å². The van der Waals surface area contributed by atoms with Crippen LogP contribution in [0.5, 0.6) is 0 Å². The van der Waals surface area contributed by atoms with Crippen LogP contribution in [0.1, 0.15) is 47.0 Å². The van der Waals surface area contributed by atoms with E-state index in [0.717, 1.165) is 12.8 Å². The van der Waals surface area contributed by atoms with E-state index in [1.165, 1.54) is 6.42 Å². The molecule has 4 heteroatoms. The fourth-order valence-electron chi connectivity index (χ4n) is 5.18. The quantitative estimate of drug-likeness (QED) is 0.802. The van der Waals surface area contributed by atoms with E-state index in [0.29, 0.717) is 12.5 Å². The SMILES string of the molecule is CCOC(=O)[C@H](N)[C@]1(N(C)C)C[C@@H]2CC[C@@]1(C)C2(C)C. The molecule has 0 aliphatic heterocycles. The molecule has 0 saturated heterocycles. The largest absolute Gasteiger partial charge is 0.465 e. The average Bonchev–Trinajstić information content (AvgIpc) is 2.69. The molecule has 0 aromatic rings. The maximum absolute atomic E-state index is 12.3. The van der Waals surface area contributed by atoms with Gasteiger partial charge in [0.15, 0.2) is 0 Å². The third-order valence-corrected chi connectivity index (χ3v) is 6.80. The molecule has 2 aliphatic rings. The van der Waals surface area contributed by atoms with E-state index in [4.69, 9.17) is 10.5 Å². The monoisotopic (exact) mass is 282 g/mol. The van der Waals surface area contributed by atoms with E-state index in [1.807, 2.05) is 6.92 Å². The average molecular weight is 282 g/mol. The van der Waals surface area contributed by atoms with Gasteiger partial charge in [0.1, 0.15) is 6.04 Å². The molecule has 20 heavy (non-hydrogen) atoms. The van der Waals surface area contributed by atoms with Gasteiger partial charge in [0, 0.05) is 0 Å². The molecule has 0 radical (unpaired) electrons. The lowest BCUT2D eigenvalue weighted by molar-refractivity contribution is -0.153. The molecule has 4 atom stereocenters. The molecule has 4 nitrogen and oxygen atoms in total. The van der Waals surface area contributed by atoms with Crippen molar-refractivity contribution in [3.05, 3.63) is 0 Å². The molecule has 2 fully saturated rings. The van der Waals surface area contributed by atoms with Gasteiger partial charge in [-0.25, -0.2) is 0 Å². The summed E-state index contributed by atoms with van der Waals surface area (Å²) in [6.45, 7) is 9.22. The van der Waals surface area contributed by atoms with Crippen molar-refractivity contribution < 1.29 is 9.53 Å². The molecule has 0 spiro atoms. The van der Waals surface area contributed by atoms with E-state index in [2.05, 4.69) is 39.8 Å². The molecule has 0 amide bonds. The molecule has 2 N–H and O–H groups in total. The third kappa shape index (κ3) is 1.64. The van der Waals surface area contributed by atoms with Crippen molar-refractivity contribution in [3.8, 4) is 0 Å². The van der Waals surface area contributed by atoms with Crippen LogP contribution in [-0.2, 0) is 9.53 Å². The lowest BCUT2D eigenvalue weighted by atomic mass is 9.59. The first kappa shape index (κ1) is 15.8. The van der Waals surface area contributed by atoms with Gasteiger partial charge in [-0.1, -0.05) is 20.8 Å². The highest BCUT2D eigenvalue weighted by Gasteiger charge is 2.72. The lowest BCUT2D eigenvalue weighted by Gasteiger charge is -2.54. The van der Waals surface area contributed by atoms with Crippen LogP contribution < -0.4 is 5.73 Å². The summed E-state index contributed by atoms with van der Waals surface area (Å²) < 4.78 is 5.22. The van der Waals surface area contributed by atoms with Gasteiger partial charge in [0.2, 0.25) is 0 Å². The van der Waals surface area contributed by atoms with Gasteiger partial charge in [-0.2, -0.15) is 0 Å². The summed E-state index contributed by atoms with van der Waals surface area (Å²) >= 11 is 0. The highest BCUT2D eigenvalue weighted by Crippen LogP contribution is 2.71. The zero-order valence-corrected chi connectivity index (χ0v) is 13.8. The Bertz CT molecular complexity index is 407. The number of esters is 1. The van der Waals surface area contributed by atoms with Crippen LogP contribution in [0.3, 0.4) is 0 Å². The summed E-state index contributed by atoms with van der Waals surface area (Å²) in [6, 6.07) is -0.577. The van der Waals surface area contributed by atoms with E-state index < -0.39 is 6.04 Å². The summed E-state index contributed by atoms with van der Waals surface area (Å²) in [4.78, 5) is 14.5. The van der Waals surface area contributed by atoms with Crippen molar-refractivity contribution in [3.63, 3.8) is 0 Å². The minimum absolute atomic E-state index is 0.0420. The predicted octanol–water partition coefficient (Wildman–Crippen LogP) is 2.02. The van der Waals surface area contributed by atoms with Gasteiger partial charge in [0.25, 0.3) is 0 Å². The van der Waals surface area contributed by atoms with Gasteiger partial charge in [-0.15, -0.1) is 0 Å². The maximum Gasteiger partial charge on any atom is 0.324 e.